The van der Waals surface area contributed by atoms with E-state index in [0.29, 0.717) is 11.3 Å². The molecular weight excluding hydrogens is 259 g/mol. The van der Waals surface area contributed by atoms with Gasteiger partial charge < -0.3 is 0 Å². The van der Waals surface area contributed by atoms with E-state index in [4.69, 9.17) is 11.6 Å². The van der Waals surface area contributed by atoms with Crippen LogP contribution in [0.3, 0.4) is 0 Å². The second kappa shape index (κ2) is 4.42. The number of aromatic amines is 1. The van der Waals surface area contributed by atoms with Crippen LogP contribution >= 0.6 is 11.6 Å². The van der Waals surface area contributed by atoms with Crippen LogP contribution in [0.5, 0.6) is 0 Å². The molecule has 4 nitrogen and oxygen atoms in total. The standard InChI is InChI=1S/C12H10ClFN2O2/c1-6-3-4-7(2)8(5-6)16-11(17)9(14)10(13)15-12(16)18/h3-5H,1-2H3,(H,15,18). The lowest BCUT2D eigenvalue weighted by atomic mass is 10.1. The molecule has 0 saturated carbocycles. The fourth-order valence-corrected chi connectivity index (χ4v) is 1.83. The predicted molar refractivity (Wildman–Crippen MR) is 67.1 cm³/mol. The van der Waals surface area contributed by atoms with Crippen molar-refractivity contribution in [1.29, 1.82) is 0 Å². The van der Waals surface area contributed by atoms with Gasteiger partial charge in [0, 0.05) is 0 Å². The van der Waals surface area contributed by atoms with Crippen LogP contribution in [-0.2, 0) is 0 Å². The molecule has 2 aromatic rings. The maximum Gasteiger partial charge on any atom is 0.334 e. The van der Waals surface area contributed by atoms with Crippen molar-refractivity contribution in [3.63, 3.8) is 0 Å². The molecule has 2 rings (SSSR count). The number of aryl methyl sites for hydroxylation is 2. The van der Waals surface area contributed by atoms with Gasteiger partial charge in [-0.05, 0) is 31.0 Å². The highest BCUT2D eigenvalue weighted by Crippen LogP contribution is 2.13. The number of hydrogen-bond acceptors (Lipinski definition) is 2. The summed E-state index contributed by atoms with van der Waals surface area (Å²) >= 11 is 5.41. The van der Waals surface area contributed by atoms with Crippen LogP contribution in [0.25, 0.3) is 5.69 Å². The molecule has 0 unspecified atom stereocenters. The summed E-state index contributed by atoms with van der Waals surface area (Å²) in [6.07, 6.45) is 0. The van der Waals surface area contributed by atoms with E-state index in [1.807, 2.05) is 13.0 Å². The molecule has 6 heteroatoms. The van der Waals surface area contributed by atoms with Crippen molar-refractivity contribution < 1.29 is 4.39 Å². The van der Waals surface area contributed by atoms with Gasteiger partial charge in [-0.3, -0.25) is 9.78 Å². The summed E-state index contributed by atoms with van der Waals surface area (Å²) in [6, 6.07) is 5.23. The Balaban J connectivity index is 2.88. The number of nitrogens with zero attached hydrogens (tertiary/aromatic N) is 1. The average Bonchev–Trinajstić information content (AvgIpc) is 2.31. The third-order valence-corrected chi connectivity index (χ3v) is 2.87. The first-order valence-electron chi connectivity index (χ1n) is 5.20. The highest BCUT2D eigenvalue weighted by Gasteiger charge is 2.14. The van der Waals surface area contributed by atoms with Crippen LogP contribution in [0.1, 0.15) is 11.1 Å². The van der Waals surface area contributed by atoms with Gasteiger partial charge in [0.2, 0.25) is 5.82 Å². The molecule has 0 amide bonds. The van der Waals surface area contributed by atoms with Crippen LogP contribution in [0.15, 0.2) is 27.8 Å². The molecule has 94 valence electrons. The number of H-pyrrole nitrogens is 1. The van der Waals surface area contributed by atoms with Crippen molar-refractivity contribution in [2.75, 3.05) is 0 Å². The van der Waals surface area contributed by atoms with Crippen molar-refractivity contribution in [2.45, 2.75) is 13.8 Å². The van der Waals surface area contributed by atoms with E-state index < -0.39 is 22.2 Å². The molecule has 0 spiro atoms. The number of nitrogens with one attached hydrogen (secondary N) is 1. The first kappa shape index (κ1) is 12.6. The Hall–Kier alpha value is -1.88. The van der Waals surface area contributed by atoms with Gasteiger partial charge in [0.25, 0.3) is 5.56 Å². The van der Waals surface area contributed by atoms with Gasteiger partial charge in [0.1, 0.15) is 0 Å². The van der Waals surface area contributed by atoms with Crippen LogP contribution in [0, 0.1) is 19.7 Å². The number of benzene rings is 1. The summed E-state index contributed by atoms with van der Waals surface area (Å²) in [6.45, 7) is 3.54. The molecule has 0 aliphatic heterocycles. The predicted octanol–water partition coefficient (Wildman–Crippen LogP) is 1.94. The van der Waals surface area contributed by atoms with Crippen molar-refractivity contribution >= 4 is 11.6 Å². The third-order valence-electron chi connectivity index (χ3n) is 2.61. The molecule has 1 aromatic heterocycles. The van der Waals surface area contributed by atoms with Crippen molar-refractivity contribution in [3.8, 4) is 5.69 Å². The van der Waals surface area contributed by atoms with E-state index >= 15 is 0 Å². The smallest absolute Gasteiger partial charge is 0.295 e. The van der Waals surface area contributed by atoms with Crippen molar-refractivity contribution in [3.05, 3.63) is 61.1 Å². The monoisotopic (exact) mass is 268 g/mol. The summed E-state index contributed by atoms with van der Waals surface area (Å²) in [5.41, 5.74) is 0.0709. The molecule has 0 atom stereocenters. The molecule has 1 aromatic carbocycles. The molecule has 0 radical (unpaired) electrons. The van der Waals surface area contributed by atoms with Gasteiger partial charge in [-0.1, -0.05) is 23.7 Å². The zero-order chi connectivity index (χ0) is 13.4. The maximum atomic E-state index is 13.5. The van der Waals surface area contributed by atoms with E-state index in [1.165, 1.54) is 0 Å². The molecule has 0 aliphatic carbocycles. The molecule has 1 heterocycles. The van der Waals surface area contributed by atoms with Gasteiger partial charge in [0.05, 0.1) is 5.69 Å². The molecule has 1 N–H and O–H groups in total. The Morgan fingerprint density at radius 1 is 1.28 bits per heavy atom. The van der Waals surface area contributed by atoms with E-state index in [1.54, 1.807) is 19.1 Å². The lowest BCUT2D eigenvalue weighted by molar-refractivity contribution is 0.584. The SMILES string of the molecule is Cc1ccc(C)c(-n2c(=O)[nH]c(Cl)c(F)c2=O)c1. The van der Waals surface area contributed by atoms with E-state index in [0.717, 1.165) is 10.1 Å². The highest BCUT2D eigenvalue weighted by molar-refractivity contribution is 6.29. The average molecular weight is 269 g/mol. The topological polar surface area (TPSA) is 54.9 Å². The fourth-order valence-electron chi connectivity index (χ4n) is 1.67. The summed E-state index contributed by atoms with van der Waals surface area (Å²) < 4.78 is 14.2. The molecule has 0 saturated heterocycles. The quantitative estimate of drug-likeness (QED) is 0.804. The number of hydrogen-bond donors (Lipinski definition) is 1. The summed E-state index contributed by atoms with van der Waals surface area (Å²) in [7, 11) is 0. The second-order valence-corrected chi connectivity index (χ2v) is 4.37. The Bertz CT molecular complexity index is 734. The number of aromatic nitrogens is 2. The lowest BCUT2D eigenvalue weighted by Crippen LogP contribution is -2.36. The highest BCUT2D eigenvalue weighted by atomic mass is 35.5. The first-order chi connectivity index (χ1) is 8.41. The second-order valence-electron chi connectivity index (χ2n) is 3.99. The molecular formula is C12H10ClFN2O2. The molecule has 18 heavy (non-hydrogen) atoms. The van der Waals surface area contributed by atoms with Gasteiger partial charge in [-0.15, -0.1) is 0 Å². The Morgan fingerprint density at radius 2 is 1.94 bits per heavy atom. The van der Waals surface area contributed by atoms with Crippen LogP contribution < -0.4 is 11.2 Å². The maximum absolute atomic E-state index is 13.5. The van der Waals surface area contributed by atoms with Crippen molar-refractivity contribution in [2.24, 2.45) is 0 Å². The Labute approximate surface area is 107 Å². The molecule has 0 bridgehead atoms. The zero-order valence-corrected chi connectivity index (χ0v) is 10.5. The summed E-state index contributed by atoms with van der Waals surface area (Å²) in [5.74, 6) is -1.17. The minimum Gasteiger partial charge on any atom is -0.295 e. The number of rotatable bonds is 1. The normalized spacial score (nSPS) is 10.7. The lowest BCUT2D eigenvalue weighted by Gasteiger charge is -2.09. The van der Waals surface area contributed by atoms with Crippen LogP contribution in [0.2, 0.25) is 5.15 Å². The van der Waals surface area contributed by atoms with Crippen LogP contribution in [0.4, 0.5) is 4.39 Å². The van der Waals surface area contributed by atoms with Gasteiger partial charge in [0.15, 0.2) is 5.15 Å². The minimum atomic E-state index is -1.17. The van der Waals surface area contributed by atoms with Crippen molar-refractivity contribution in [1.82, 2.24) is 9.55 Å². The Morgan fingerprint density at radius 3 is 2.61 bits per heavy atom. The minimum absolute atomic E-state index is 0.344. The third kappa shape index (κ3) is 1.97. The van der Waals surface area contributed by atoms with Gasteiger partial charge >= 0.3 is 5.69 Å². The molecule has 0 fully saturated rings. The largest absolute Gasteiger partial charge is 0.334 e. The van der Waals surface area contributed by atoms with Gasteiger partial charge in [-0.2, -0.15) is 4.39 Å². The van der Waals surface area contributed by atoms with Crippen LogP contribution in [-0.4, -0.2) is 9.55 Å². The summed E-state index contributed by atoms with van der Waals surface area (Å²) in [5, 5.41) is -0.577. The Kier molecular flexibility index (Phi) is 3.09. The molecule has 0 aliphatic rings. The van der Waals surface area contributed by atoms with E-state index in [9.17, 15) is 14.0 Å². The number of halogens is 2. The van der Waals surface area contributed by atoms with Gasteiger partial charge in [-0.25, -0.2) is 9.36 Å². The zero-order valence-electron chi connectivity index (χ0n) is 9.75. The first-order valence-corrected chi connectivity index (χ1v) is 5.57. The van der Waals surface area contributed by atoms with E-state index in [2.05, 4.69) is 4.98 Å². The van der Waals surface area contributed by atoms with E-state index in [-0.39, 0.29) is 0 Å². The summed E-state index contributed by atoms with van der Waals surface area (Å²) in [4.78, 5) is 25.6. The fraction of sp³-hybridized carbons (Fsp3) is 0.167.